The standard InChI is InChI=1S/C17H21N3/c1-4-17-12-14(8-9-20(17)19-5-2)11-15-6-7-16(18)10-13(15)3/h4-10,12H,11,18H2,1-3H3/b17-4?,19-5-. The molecule has 3 heteroatoms. The van der Waals surface area contributed by atoms with Crippen LogP contribution in [0.4, 0.5) is 5.69 Å². The third-order valence-electron chi connectivity index (χ3n) is 3.32. The number of rotatable bonds is 3. The van der Waals surface area contributed by atoms with Crippen LogP contribution in [0, 0.1) is 6.92 Å². The maximum absolute atomic E-state index is 5.80. The lowest BCUT2D eigenvalue weighted by atomic mass is 9.98. The average molecular weight is 267 g/mol. The molecule has 0 unspecified atom stereocenters. The first-order valence-electron chi connectivity index (χ1n) is 6.82. The summed E-state index contributed by atoms with van der Waals surface area (Å²) in [5.74, 6) is 0. The first-order valence-corrected chi connectivity index (χ1v) is 6.82. The van der Waals surface area contributed by atoms with Crippen molar-refractivity contribution in [2.75, 3.05) is 5.73 Å². The lowest BCUT2D eigenvalue weighted by molar-refractivity contribution is 0.509. The molecule has 0 saturated heterocycles. The lowest BCUT2D eigenvalue weighted by Crippen LogP contribution is -2.12. The van der Waals surface area contributed by atoms with E-state index in [9.17, 15) is 0 Å². The van der Waals surface area contributed by atoms with Gasteiger partial charge in [-0.2, -0.15) is 5.10 Å². The van der Waals surface area contributed by atoms with Gasteiger partial charge in [-0.25, -0.2) is 5.01 Å². The second kappa shape index (κ2) is 6.24. The van der Waals surface area contributed by atoms with E-state index in [1.165, 1.54) is 16.7 Å². The predicted octanol–water partition coefficient (Wildman–Crippen LogP) is 3.78. The molecule has 2 rings (SSSR count). The molecule has 1 aliphatic rings. The summed E-state index contributed by atoms with van der Waals surface area (Å²) in [6.45, 7) is 6.04. The van der Waals surface area contributed by atoms with Crippen LogP contribution in [0.15, 0.2) is 59.0 Å². The van der Waals surface area contributed by atoms with Gasteiger partial charge in [0, 0.05) is 18.1 Å². The van der Waals surface area contributed by atoms with Gasteiger partial charge in [0.15, 0.2) is 0 Å². The molecule has 0 aromatic heterocycles. The number of aryl methyl sites for hydroxylation is 1. The molecular formula is C17H21N3. The van der Waals surface area contributed by atoms with Gasteiger partial charge >= 0.3 is 0 Å². The van der Waals surface area contributed by atoms with Gasteiger partial charge in [-0.15, -0.1) is 0 Å². The summed E-state index contributed by atoms with van der Waals surface area (Å²) in [4.78, 5) is 0. The summed E-state index contributed by atoms with van der Waals surface area (Å²) in [7, 11) is 0. The zero-order valence-corrected chi connectivity index (χ0v) is 12.3. The largest absolute Gasteiger partial charge is 0.399 e. The zero-order chi connectivity index (χ0) is 14.5. The molecule has 0 amide bonds. The Morgan fingerprint density at radius 3 is 2.75 bits per heavy atom. The van der Waals surface area contributed by atoms with Crippen LogP contribution in [0.5, 0.6) is 0 Å². The molecular weight excluding hydrogens is 246 g/mol. The van der Waals surface area contributed by atoms with Crippen LogP contribution in [0.2, 0.25) is 0 Å². The summed E-state index contributed by atoms with van der Waals surface area (Å²) < 4.78 is 0. The number of nitrogen functional groups attached to an aromatic ring is 1. The van der Waals surface area contributed by atoms with Crippen LogP contribution in [0.3, 0.4) is 0 Å². The Morgan fingerprint density at radius 2 is 2.10 bits per heavy atom. The van der Waals surface area contributed by atoms with Crippen molar-refractivity contribution in [1.29, 1.82) is 0 Å². The minimum Gasteiger partial charge on any atom is -0.399 e. The molecule has 0 radical (unpaired) electrons. The first-order chi connectivity index (χ1) is 9.63. The van der Waals surface area contributed by atoms with Crippen molar-refractivity contribution >= 4 is 11.9 Å². The van der Waals surface area contributed by atoms with Crippen LogP contribution >= 0.6 is 0 Å². The maximum Gasteiger partial charge on any atom is 0.0605 e. The van der Waals surface area contributed by atoms with E-state index in [1.807, 2.05) is 37.2 Å². The highest BCUT2D eigenvalue weighted by atomic mass is 15.4. The molecule has 0 atom stereocenters. The number of hydrazone groups is 1. The fraction of sp³-hybridized carbons (Fsp3) is 0.235. The van der Waals surface area contributed by atoms with Crippen molar-refractivity contribution in [2.24, 2.45) is 5.10 Å². The van der Waals surface area contributed by atoms with Gasteiger partial charge < -0.3 is 5.73 Å². The number of allylic oxidation sites excluding steroid dienone is 4. The Bertz CT molecular complexity index is 607. The SMILES string of the molecule is CC=C1C=C(Cc2ccc(N)cc2C)C=CN1/N=C\C. The van der Waals surface area contributed by atoms with E-state index in [-0.39, 0.29) is 0 Å². The molecule has 2 N–H and O–H groups in total. The Balaban J connectivity index is 2.21. The van der Waals surface area contributed by atoms with Gasteiger partial charge in [0.2, 0.25) is 0 Å². The predicted molar refractivity (Wildman–Crippen MR) is 86.3 cm³/mol. The van der Waals surface area contributed by atoms with Crippen molar-refractivity contribution in [2.45, 2.75) is 27.2 Å². The third-order valence-corrected chi connectivity index (χ3v) is 3.32. The summed E-state index contributed by atoms with van der Waals surface area (Å²) >= 11 is 0. The fourth-order valence-electron chi connectivity index (χ4n) is 2.25. The second-order valence-corrected chi connectivity index (χ2v) is 4.83. The Labute approximate surface area is 120 Å². The van der Waals surface area contributed by atoms with Gasteiger partial charge in [-0.3, -0.25) is 0 Å². The number of nitrogens with zero attached hydrogens (tertiary/aromatic N) is 2. The van der Waals surface area contributed by atoms with Gasteiger partial charge in [0.05, 0.1) is 5.70 Å². The second-order valence-electron chi connectivity index (χ2n) is 4.83. The Kier molecular flexibility index (Phi) is 4.41. The Morgan fingerprint density at radius 1 is 1.30 bits per heavy atom. The molecule has 0 saturated carbocycles. The van der Waals surface area contributed by atoms with Crippen molar-refractivity contribution in [3.63, 3.8) is 0 Å². The van der Waals surface area contributed by atoms with E-state index in [0.717, 1.165) is 17.8 Å². The number of benzene rings is 1. The highest BCUT2D eigenvalue weighted by Gasteiger charge is 2.09. The van der Waals surface area contributed by atoms with Crippen LogP contribution in [0.1, 0.15) is 25.0 Å². The van der Waals surface area contributed by atoms with E-state index in [2.05, 4.69) is 36.3 Å². The minimum atomic E-state index is 0.817. The summed E-state index contributed by atoms with van der Waals surface area (Å²) in [6, 6.07) is 6.08. The van der Waals surface area contributed by atoms with E-state index in [4.69, 9.17) is 5.73 Å². The molecule has 1 aromatic rings. The smallest absolute Gasteiger partial charge is 0.0605 e. The molecule has 1 aromatic carbocycles. The van der Waals surface area contributed by atoms with Crippen LogP contribution in [-0.4, -0.2) is 11.2 Å². The monoisotopic (exact) mass is 267 g/mol. The highest BCUT2D eigenvalue weighted by molar-refractivity contribution is 5.54. The third kappa shape index (κ3) is 3.18. The number of hydrogen-bond acceptors (Lipinski definition) is 3. The molecule has 104 valence electrons. The fourth-order valence-corrected chi connectivity index (χ4v) is 2.25. The topological polar surface area (TPSA) is 41.6 Å². The van der Waals surface area contributed by atoms with Crippen molar-refractivity contribution in [3.8, 4) is 0 Å². The van der Waals surface area contributed by atoms with Crippen molar-refractivity contribution in [3.05, 3.63) is 65.0 Å². The normalized spacial score (nSPS) is 17.1. The molecule has 0 aliphatic carbocycles. The quantitative estimate of drug-likeness (QED) is 0.669. The first kappa shape index (κ1) is 14.1. The van der Waals surface area contributed by atoms with Gasteiger partial charge in [0.1, 0.15) is 0 Å². The van der Waals surface area contributed by atoms with Gasteiger partial charge in [0.25, 0.3) is 0 Å². The van der Waals surface area contributed by atoms with E-state index >= 15 is 0 Å². The molecule has 0 fully saturated rings. The molecule has 0 bridgehead atoms. The van der Waals surface area contributed by atoms with E-state index in [1.54, 1.807) is 6.21 Å². The minimum absolute atomic E-state index is 0.817. The van der Waals surface area contributed by atoms with Crippen molar-refractivity contribution in [1.82, 2.24) is 5.01 Å². The molecule has 0 spiro atoms. The van der Waals surface area contributed by atoms with Crippen molar-refractivity contribution < 1.29 is 0 Å². The zero-order valence-electron chi connectivity index (χ0n) is 12.3. The molecule has 3 nitrogen and oxygen atoms in total. The van der Waals surface area contributed by atoms with Gasteiger partial charge in [-0.05, 0) is 68.2 Å². The summed E-state index contributed by atoms with van der Waals surface area (Å²) in [5, 5.41) is 6.17. The maximum atomic E-state index is 5.80. The summed E-state index contributed by atoms with van der Waals surface area (Å²) in [6.07, 6.45) is 11.0. The van der Waals surface area contributed by atoms with Gasteiger partial charge in [-0.1, -0.05) is 12.1 Å². The number of nitrogens with two attached hydrogens (primary N) is 1. The summed E-state index contributed by atoms with van der Waals surface area (Å²) in [5.41, 5.74) is 11.5. The Hall–Kier alpha value is -2.29. The van der Waals surface area contributed by atoms with E-state index < -0.39 is 0 Å². The number of anilines is 1. The lowest BCUT2D eigenvalue weighted by Gasteiger charge is -2.20. The molecule has 1 heterocycles. The van der Waals surface area contributed by atoms with Crippen LogP contribution < -0.4 is 5.73 Å². The number of hydrogen-bond donors (Lipinski definition) is 1. The molecule has 20 heavy (non-hydrogen) atoms. The average Bonchev–Trinajstić information content (AvgIpc) is 2.43. The van der Waals surface area contributed by atoms with E-state index in [0.29, 0.717) is 0 Å². The van der Waals surface area contributed by atoms with Crippen LogP contribution in [0.25, 0.3) is 0 Å². The molecule has 1 aliphatic heterocycles. The highest BCUT2D eigenvalue weighted by Crippen LogP contribution is 2.22. The van der Waals surface area contributed by atoms with Crippen LogP contribution in [-0.2, 0) is 6.42 Å².